The van der Waals surface area contributed by atoms with Crippen molar-refractivity contribution in [2.45, 2.75) is 19.4 Å². The van der Waals surface area contributed by atoms with Gasteiger partial charge in [0.2, 0.25) is 0 Å². The van der Waals surface area contributed by atoms with Crippen LogP contribution in [0.3, 0.4) is 0 Å². The monoisotopic (exact) mass is 266 g/mol. The van der Waals surface area contributed by atoms with Crippen LogP contribution in [0.2, 0.25) is 0 Å². The van der Waals surface area contributed by atoms with Gasteiger partial charge < -0.3 is 15.0 Å². The number of nitrogens with one attached hydrogen (secondary N) is 1. The van der Waals surface area contributed by atoms with Gasteiger partial charge in [0.25, 0.3) is 5.69 Å². The van der Waals surface area contributed by atoms with Crippen LogP contribution in [-0.2, 0) is 4.74 Å². The van der Waals surface area contributed by atoms with Crippen LogP contribution in [0.15, 0.2) is 12.1 Å². The van der Waals surface area contributed by atoms with Crippen molar-refractivity contribution >= 4 is 17.3 Å². The fourth-order valence-electron chi connectivity index (χ4n) is 2.11. The molecule has 0 atom stereocenters. The van der Waals surface area contributed by atoms with E-state index < -0.39 is 4.92 Å². The number of anilines is 2. The molecule has 2 rings (SSSR count). The maximum atomic E-state index is 10.9. The Balaban J connectivity index is 2.33. The van der Waals surface area contributed by atoms with E-state index in [0.29, 0.717) is 31.3 Å². The number of nitrogens with zero attached hydrogens (tertiary/aromatic N) is 3. The summed E-state index contributed by atoms with van der Waals surface area (Å²) in [6.07, 6.45) is 0. The van der Waals surface area contributed by atoms with Crippen molar-refractivity contribution in [3.8, 4) is 0 Å². The molecule has 0 spiro atoms. The standard InChI is InChI=1S/C12H18N4O3/c1-12(2)8-15(4-5-19-12)11-7-9(16(17)18)6-10(13-3)14-11/h6-7H,4-5,8H2,1-3H3,(H,13,14). The molecular weight excluding hydrogens is 248 g/mol. The summed E-state index contributed by atoms with van der Waals surface area (Å²) < 4.78 is 5.63. The van der Waals surface area contributed by atoms with E-state index in [2.05, 4.69) is 10.3 Å². The van der Waals surface area contributed by atoms with E-state index in [0.717, 1.165) is 0 Å². The predicted molar refractivity (Wildman–Crippen MR) is 72.7 cm³/mol. The molecule has 7 heteroatoms. The molecule has 1 saturated heterocycles. The molecule has 1 fully saturated rings. The summed E-state index contributed by atoms with van der Waals surface area (Å²) in [5.74, 6) is 1.10. The van der Waals surface area contributed by atoms with Gasteiger partial charge in [0.1, 0.15) is 11.6 Å². The summed E-state index contributed by atoms with van der Waals surface area (Å²) >= 11 is 0. The molecule has 0 aliphatic carbocycles. The lowest BCUT2D eigenvalue weighted by Crippen LogP contribution is -2.48. The van der Waals surface area contributed by atoms with Gasteiger partial charge in [-0.2, -0.15) is 0 Å². The lowest BCUT2D eigenvalue weighted by Gasteiger charge is -2.38. The first-order valence-electron chi connectivity index (χ1n) is 6.14. The van der Waals surface area contributed by atoms with Crippen LogP contribution in [0.5, 0.6) is 0 Å². The molecule has 0 radical (unpaired) electrons. The van der Waals surface area contributed by atoms with Crippen LogP contribution >= 0.6 is 0 Å². The van der Waals surface area contributed by atoms with E-state index in [1.54, 1.807) is 7.05 Å². The van der Waals surface area contributed by atoms with Crippen LogP contribution < -0.4 is 10.2 Å². The summed E-state index contributed by atoms with van der Waals surface area (Å²) in [6, 6.07) is 2.93. The number of hydrogen-bond acceptors (Lipinski definition) is 6. The topological polar surface area (TPSA) is 80.5 Å². The van der Waals surface area contributed by atoms with Crippen molar-refractivity contribution < 1.29 is 9.66 Å². The van der Waals surface area contributed by atoms with Crippen LogP contribution in [0.4, 0.5) is 17.3 Å². The first kappa shape index (κ1) is 13.5. The molecule has 0 saturated carbocycles. The highest BCUT2D eigenvalue weighted by atomic mass is 16.6. The maximum absolute atomic E-state index is 10.9. The van der Waals surface area contributed by atoms with Gasteiger partial charge in [0.05, 0.1) is 29.3 Å². The smallest absolute Gasteiger partial charge is 0.276 e. The average Bonchev–Trinajstić information content (AvgIpc) is 2.37. The number of aromatic nitrogens is 1. The summed E-state index contributed by atoms with van der Waals surface area (Å²) in [7, 11) is 1.69. The third-order valence-corrected chi connectivity index (χ3v) is 3.01. The molecule has 1 aliphatic heterocycles. The van der Waals surface area contributed by atoms with E-state index in [9.17, 15) is 10.1 Å². The van der Waals surface area contributed by atoms with Crippen molar-refractivity contribution in [2.24, 2.45) is 0 Å². The highest BCUT2D eigenvalue weighted by molar-refractivity contribution is 5.56. The Kier molecular flexibility index (Phi) is 3.57. The number of rotatable bonds is 3. The average molecular weight is 266 g/mol. The first-order chi connectivity index (χ1) is 8.91. The maximum Gasteiger partial charge on any atom is 0.276 e. The molecule has 1 aliphatic rings. The number of ether oxygens (including phenoxy) is 1. The van der Waals surface area contributed by atoms with Gasteiger partial charge in [0, 0.05) is 20.1 Å². The highest BCUT2D eigenvalue weighted by Gasteiger charge is 2.28. The van der Waals surface area contributed by atoms with Crippen molar-refractivity contribution in [1.82, 2.24) is 4.98 Å². The summed E-state index contributed by atoms with van der Waals surface area (Å²) in [4.78, 5) is 16.9. The molecule has 1 aromatic rings. The largest absolute Gasteiger partial charge is 0.373 e. The Bertz CT molecular complexity index is 490. The van der Waals surface area contributed by atoms with E-state index in [1.165, 1.54) is 12.1 Å². The molecule has 0 amide bonds. The van der Waals surface area contributed by atoms with Gasteiger partial charge in [0.15, 0.2) is 0 Å². The molecule has 0 bridgehead atoms. The Hall–Kier alpha value is -1.89. The van der Waals surface area contributed by atoms with Gasteiger partial charge in [-0.15, -0.1) is 0 Å². The van der Waals surface area contributed by atoms with Crippen LogP contribution in [0, 0.1) is 10.1 Å². The lowest BCUT2D eigenvalue weighted by atomic mass is 10.1. The van der Waals surface area contributed by atoms with Crippen molar-refractivity contribution in [2.75, 3.05) is 37.0 Å². The third-order valence-electron chi connectivity index (χ3n) is 3.01. The molecule has 104 valence electrons. The quantitative estimate of drug-likeness (QED) is 0.661. The Morgan fingerprint density at radius 1 is 1.53 bits per heavy atom. The molecule has 19 heavy (non-hydrogen) atoms. The highest BCUT2D eigenvalue weighted by Crippen LogP contribution is 2.26. The fraction of sp³-hybridized carbons (Fsp3) is 0.583. The number of nitro groups is 1. The van der Waals surface area contributed by atoms with Crippen LogP contribution in [0.25, 0.3) is 0 Å². The minimum atomic E-state index is -0.405. The van der Waals surface area contributed by atoms with Gasteiger partial charge >= 0.3 is 0 Å². The second kappa shape index (κ2) is 5.00. The van der Waals surface area contributed by atoms with E-state index in [1.807, 2.05) is 18.7 Å². The fourth-order valence-corrected chi connectivity index (χ4v) is 2.11. The predicted octanol–water partition coefficient (Wildman–Crippen LogP) is 1.65. The summed E-state index contributed by atoms with van der Waals surface area (Å²) in [6.45, 7) is 5.92. The first-order valence-corrected chi connectivity index (χ1v) is 6.14. The normalized spacial score (nSPS) is 18.2. The molecular formula is C12H18N4O3. The second-order valence-corrected chi connectivity index (χ2v) is 5.11. The second-order valence-electron chi connectivity index (χ2n) is 5.11. The minimum Gasteiger partial charge on any atom is -0.373 e. The molecule has 0 unspecified atom stereocenters. The summed E-state index contributed by atoms with van der Waals surface area (Å²) in [5, 5.41) is 13.8. The Morgan fingerprint density at radius 2 is 2.26 bits per heavy atom. The zero-order valence-corrected chi connectivity index (χ0v) is 11.3. The molecule has 1 aromatic heterocycles. The lowest BCUT2D eigenvalue weighted by molar-refractivity contribution is -0.384. The molecule has 0 aromatic carbocycles. The van der Waals surface area contributed by atoms with E-state index in [4.69, 9.17) is 4.74 Å². The SMILES string of the molecule is CNc1cc([N+](=O)[O-])cc(N2CCOC(C)(C)C2)n1. The van der Waals surface area contributed by atoms with Gasteiger partial charge in [-0.05, 0) is 13.8 Å². The van der Waals surface area contributed by atoms with E-state index >= 15 is 0 Å². The number of hydrogen-bond donors (Lipinski definition) is 1. The Labute approximate surface area is 111 Å². The Morgan fingerprint density at radius 3 is 2.84 bits per heavy atom. The zero-order chi connectivity index (χ0) is 14.0. The van der Waals surface area contributed by atoms with Crippen LogP contribution in [-0.4, -0.2) is 42.3 Å². The van der Waals surface area contributed by atoms with Gasteiger partial charge in [-0.25, -0.2) is 4.98 Å². The zero-order valence-electron chi connectivity index (χ0n) is 11.3. The third kappa shape index (κ3) is 3.11. The molecule has 7 nitrogen and oxygen atoms in total. The number of morpholine rings is 1. The van der Waals surface area contributed by atoms with Gasteiger partial charge in [-0.1, -0.05) is 0 Å². The van der Waals surface area contributed by atoms with E-state index in [-0.39, 0.29) is 11.3 Å². The van der Waals surface area contributed by atoms with Crippen molar-refractivity contribution in [1.29, 1.82) is 0 Å². The number of pyridine rings is 1. The molecule has 2 heterocycles. The van der Waals surface area contributed by atoms with Gasteiger partial charge in [-0.3, -0.25) is 10.1 Å². The van der Waals surface area contributed by atoms with Crippen LogP contribution in [0.1, 0.15) is 13.8 Å². The summed E-state index contributed by atoms with van der Waals surface area (Å²) in [5.41, 5.74) is -0.233. The van der Waals surface area contributed by atoms with Crippen molar-refractivity contribution in [3.63, 3.8) is 0 Å². The van der Waals surface area contributed by atoms with Crippen molar-refractivity contribution in [3.05, 3.63) is 22.2 Å². The minimum absolute atomic E-state index is 0.0404. The molecule has 1 N–H and O–H groups in total.